The maximum Gasteiger partial charge on any atom is 0.251 e. The third kappa shape index (κ3) is 6.73. The monoisotopic (exact) mass is 434 g/mol. The van der Waals surface area contributed by atoms with Crippen molar-refractivity contribution in [2.45, 2.75) is 26.4 Å². The van der Waals surface area contributed by atoms with Gasteiger partial charge in [-0.1, -0.05) is 6.07 Å². The van der Waals surface area contributed by atoms with Crippen LogP contribution in [-0.4, -0.2) is 30.3 Å². The number of rotatable bonds is 9. The molecule has 0 spiro atoms. The highest BCUT2D eigenvalue weighted by molar-refractivity contribution is 5.97. The molecule has 3 rings (SSSR count). The van der Waals surface area contributed by atoms with Gasteiger partial charge in [0.1, 0.15) is 5.76 Å². The first-order chi connectivity index (χ1) is 15.4. The number of carbonyl (C=O) groups excluding carboxylic acids is 3. The van der Waals surface area contributed by atoms with Gasteiger partial charge in [0.2, 0.25) is 5.91 Å². The molecule has 166 valence electrons. The van der Waals surface area contributed by atoms with Crippen molar-refractivity contribution in [2.24, 2.45) is 0 Å². The largest absolute Gasteiger partial charge is 0.467 e. The standard InChI is InChI=1S/C24H26N4O4/c1-16(2)27-24(31)17-8-10-19(11-9-17)28-22(29)15-25-20-6-3-5-18(13-20)23(30)26-14-21-7-4-12-32-21/h3-13,16,25H,14-15H2,1-2H3,(H,26,30)(H,27,31)(H,28,29). The number of benzene rings is 2. The van der Waals surface area contributed by atoms with E-state index in [0.717, 1.165) is 0 Å². The molecule has 0 radical (unpaired) electrons. The predicted molar refractivity (Wildman–Crippen MR) is 122 cm³/mol. The minimum Gasteiger partial charge on any atom is -0.467 e. The predicted octanol–water partition coefficient (Wildman–Crippen LogP) is 3.40. The summed E-state index contributed by atoms with van der Waals surface area (Å²) in [6.07, 6.45) is 1.55. The van der Waals surface area contributed by atoms with Gasteiger partial charge in [0.15, 0.2) is 0 Å². The van der Waals surface area contributed by atoms with Crippen molar-refractivity contribution in [2.75, 3.05) is 17.2 Å². The minimum atomic E-state index is -0.253. The van der Waals surface area contributed by atoms with Crippen molar-refractivity contribution in [3.8, 4) is 0 Å². The molecule has 0 aliphatic carbocycles. The third-order valence-electron chi connectivity index (χ3n) is 4.43. The molecular formula is C24H26N4O4. The number of furan rings is 1. The molecule has 4 N–H and O–H groups in total. The molecule has 8 nitrogen and oxygen atoms in total. The van der Waals surface area contributed by atoms with Gasteiger partial charge >= 0.3 is 0 Å². The normalized spacial score (nSPS) is 10.5. The molecule has 8 heteroatoms. The molecule has 0 atom stereocenters. The molecule has 0 bridgehead atoms. The van der Waals surface area contributed by atoms with Crippen LogP contribution in [0.2, 0.25) is 0 Å². The molecule has 0 aliphatic rings. The Labute approximate surface area is 186 Å². The number of nitrogens with one attached hydrogen (secondary N) is 4. The van der Waals surface area contributed by atoms with Gasteiger partial charge in [0, 0.05) is 28.5 Å². The van der Waals surface area contributed by atoms with E-state index in [1.165, 1.54) is 0 Å². The fraction of sp³-hybridized carbons (Fsp3) is 0.208. The summed E-state index contributed by atoms with van der Waals surface area (Å²) in [5.74, 6) is 0.0126. The molecule has 0 aliphatic heterocycles. The summed E-state index contributed by atoms with van der Waals surface area (Å²) in [5, 5.41) is 11.4. The second kappa shape index (κ2) is 10.8. The van der Waals surface area contributed by atoms with Crippen LogP contribution in [0.5, 0.6) is 0 Å². The molecule has 3 aromatic rings. The van der Waals surface area contributed by atoms with Crippen LogP contribution in [0.4, 0.5) is 11.4 Å². The molecular weight excluding hydrogens is 408 g/mol. The Hall–Kier alpha value is -4.07. The van der Waals surface area contributed by atoms with Gasteiger partial charge in [-0.15, -0.1) is 0 Å². The van der Waals surface area contributed by atoms with Crippen molar-refractivity contribution in [1.29, 1.82) is 0 Å². The number of hydrogen-bond acceptors (Lipinski definition) is 5. The van der Waals surface area contributed by atoms with Gasteiger partial charge < -0.3 is 25.7 Å². The van der Waals surface area contributed by atoms with Crippen molar-refractivity contribution in [1.82, 2.24) is 10.6 Å². The van der Waals surface area contributed by atoms with Crippen LogP contribution in [0, 0.1) is 0 Å². The van der Waals surface area contributed by atoms with E-state index in [4.69, 9.17) is 4.42 Å². The molecule has 32 heavy (non-hydrogen) atoms. The Bertz CT molecular complexity index is 1060. The maximum atomic E-state index is 12.3. The zero-order valence-corrected chi connectivity index (χ0v) is 18.0. The summed E-state index contributed by atoms with van der Waals surface area (Å²) in [7, 11) is 0. The number of carbonyl (C=O) groups is 3. The second-order valence-corrected chi connectivity index (χ2v) is 7.45. The van der Waals surface area contributed by atoms with E-state index in [1.807, 2.05) is 13.8 Å². The summed E-state index contributed by atoms with van der Waals surface area (Å²) in [6.45, 7) is 4.10. The molecule has 0 fully saturated rings. The zero-order valence-electron chi connectivity index (χ0n) is 18.0. The lowest BCUT2D eigenvalue weighted by Gasteiger charge is -2.11. The van der Waals surface area contributed by atoms with Crippen LogP contribution in [0.3, 0.4) is 0 Å². The first-order valence-corrected chi connectivity index (χ1v) is 10.3. The Kier molecular flexibility index (Phi) is 7.64. The van der Waals surface area contributed by atoms with Gasteiger partial charge in [0.05, 0.1) is 19.4 Å². The van der Waals surface area contributed by atoms with Crippen molar-refractivity contribution >= 4 is 29.1 Å². The molecule has 0 saturated carbocycles. The summed E-state index contributed by atoms with van der Waals surface area (Å²) >= 11 is 0. The number of hydrogen-bond donors (Lipinski definition) is 4. The van der Waals surface area contributed by atoms with Crippen molar-refractivity contribution in [3.63, 3.8) is 0 Å². The second-order valence-electron chi connectivity index (χ2n) is 7.45. The summed E-state index contributed by atoms with van der Waals surface area (Å²) < 4.78 is 5.20. The van der Waals surface area contributed by atoms with Crippen LogP contribution < -0.4 is 21.3 Å². The summed E-state index contributed by atoms with van der Waals surface area (Å²) in [6, 6.07) is 17.1. The fourth-order valence-corrected chi connectivity index (χ4v) is 2.89. The molecule has 1 aromatic heterocycles. The lowest BCUT2D eigenvalue weighted by Crippen LogP contribution is -2.30. The lowest BCUT2D eigenvalue weighted by atomic mass is 10.2. The zero-order chi connectivity index (χ0) is 22.9. The third-order valence-corrected chi connectivity index (χ3v) is 4.43. The summed E-state index contributed by atoms with van der Waals surface area (Å²) in [4.78, 5) is 36.6. The van der Waals surface area contributed by atoms with Crippen LogP contribution in [0.1, 0.15) is 40.3 Å². The molecule has 0 saturated heterocycles. The van der Waals surface area contributed by atoms with E-state index in [9.17, 15) is 14.4 Å². The molecule has 0 unspecified atom stereocenters. The van der Waals surface area contributed by atoms with Gasteiger partial charge in [0.25, 0.3) is 11.8 Å². The number of amides is 3. The van der Waals surface area contributed by atoms with E-state index in [1.54, 1.807) is 66.9 Å². The highest BCUT2D eigenvalue weighted by Gasteiger charge is 2.09. The fourth-order valence-electron chi connectivity index (χ4n) is 2.89. The van der Waals surface area contributed by atoms with E-state index >= 15 is 0 Å². The van der Waals surface area contributed by atoms with Crippen LogP contribution in [-0.2, 0) is 11.3 Å². The SMILES string of the molecule is CC(C)NC(=O)c1ccc(NC(=O)CNc2cccc(C(=O)NCc3ccco3)c2)cc1. The topological polar surface area (TPSA) is 112 Å². The van der Waals surface area contributed by atoms with Crippen molar-refractivity contribution in [3.05, 3.63) is 83.8 Å². The van der Waals surface area contributed by atoms with E-state index < -0.39 is 0 Å². The Morgan fingerprint density at radius 3 is 2.34 bits per heavy atom. The smallest absolute Gasteiger partial charge is 0.251 e. The number of anilines is 2. The van der Waals surface area contributed by atoms with Gasteiger partial charge in [-0.3, -0.25) is 14.4 Å². The molecule has 2 aromatic carbocycles. The average Bonchev–Trinajstić information content (AvgIpc) is 3.30. The van der Waals surface area contributed by atoms with Crippen molar-refractivity contribution < 1.29 is 18.8 Å². The van der Waals surface area contributed by atoms with Gasteiger partial charge in [-0.25, -0.2) is 0 Å². The highest BCUT2D eigenvalue weighted by Crippen LogP contribution is 2.12. The van der Waals surface area contributed by atoms with Gasteiger partial charge in [-0.05, 0) is 68.4 Å². The first kappa shape index (κ1) is 22.6. The Morgan fingerprint density at radius 1 is 0.875 bits per heavy atom. The average molecular weight is 434 g/mol. The molecule has 3 amide bonds. The Morgan fingerprint density at radius 2 is 1.66 bits per heavy atom. The lowest BCUT2D eigenvalue weighted by molar-refractivity contribution is -0.114. The Balaban J connectivity index is 1.48. The first-order valence-electron chi connectivity index (χ1n) is 10.3. The van der Waals surface area contributed by atoms with Crippen LogP contribution in [0.15, 0.2) is 71.3 Å². The van der Waals surface area contributed by atoms with Gasteiger partial charge in [-0.2, -0.15) is 0 Å². The van der Waals surface area contributed by atoms with Crippen LogP contribution >= 0.6 is 0 Å². The maximum absolute atomic E-state index is 12.3. The van der Waals surface area contributed by atoms with E-state index in [0.29, 0.717) is 34.8 Å². The molecule has 1 heterocycles. The van der Waals surface area contributed by atoms with Crippen LogP contribution in [0.25, 0.3) is 0 Å². The minimum absolute atomic E-state index is 0.0209. The van der Waals surface area contributed by atoms with E-state index in [-0.39, 0.29) is 30.3 Å². The quantitative estimate of drug-likeness (QED) is 0.412. The van der Waals surface area contributed by atoms with E-state index in [2.05, 4.69) is 21.3 Å². The highest BCUT2D eigenvalue weighted by atomic mass is 16.3. The summed E-state index contributed by atoms with van der Waals surface area (Å²) in [5.41, 5.74) is 2.23.